The molecule has 0 aromatic heterocycles. The zero-order chi connectivity index (χ0) is 14.8. The third kappa shape index (κ3) is 8.49. The molecule has 1 fully saturated rings. The maximum absolute atomic E-state index is 10.5. The van der Waals surface area contributed by atoms with E-state index >= 15 is 0 Å². The zero-order valence-electron chi connectivity index (χ0n) is 12.5. The molecule has 6 heteroatoms. The summed E-state index contributed by atoms with van der Waals surface area (Å²) < 4.78 is 29.6. The minimum absolute atomic E-state index is 0.401. The maximum Gasteiger partial charge on any atom is 0.319 e. The highest BCUT2D eigenvalue weighted by molar-refractivity contribution is 8.69. The zero-order valence-corrected chi connectivity index (χ0v) is 14.1. The minimum atomic E-state index is -3.87. The van der Waals surface area contributed by atoms with Gasteiger partial charge in [-0.15, -0.1) is 0 Å². The van der Waals surface area contributed by atoms with Crippen molar-refractivity contribution >= 4 is 19.9 Å². The SMILES string of the molecule is CCC(CCCNCCSS(=O)(=O)O)C1CCCCC1. The summed E-state index contributed by atoms with van der Waals surface area (Å²) >= 11 is 0. The van der Waals surface area contributed by atoms with Gasteiger partial charge in [0.1, 0.15) is 0 Å². The number of rotatable bonds is 10. The topological polar surface area (TPSA) is 66.4 Å². The largest absolute Gasteiger partial charge is 0.319 e. The average Bonchev–Trinajstić information content (AvgIpc) is 2.42. The molecule has 4 nitrogen and oxygen atoms in total. The van der Waals surface area contributed by atoms with E-state index in [9.17, 15) is 8.42 Å². The van der Waals surface area contributed by atoms with Gasteiger partial charge < -0.3 is 5.32 Å². The molecule has 1 unspecified atom stereocenters. The Hall–Kier alpha value is 0.220. The van der Waals surface area contributed by atoms with Crippen molar-refractivity contribution < 1.29 is 13.0 Å². The molecule has 1 aliphatic carbocycles. The first-order valence-electron chi connectivity index (χ1n) is 7.85. The number of nitrogens with one attached hydrogen (secondary N) is 1. The molecule has 0 spiro atoms. The van der Waals surface area contributed by atoms with Crippen molar-refractivity contribution in [1.82, 2.24) is 5.32 Å². The normalized spacial score (nSPS) is 19.1. The smallest absolute Gasteiger partial charge is 0.316 e. The van der Waals surface area contributed by atoms with Crippen molar-refractivity contribution in [3.8, 4) is 0 Å². The van der Waals surface area contributed by atoms with E-state index in [0.29, 0.717) is 23.1 Å². The first-order chi connectivity index (χ1) is 9.53. The Labute approximate surface area is 127 Å². The summed E-state index contributed by atoms with van der Waals surface area (Å²) in [6.45, 7) is 3.87. The molecular weight excluding hydrogens is 294 g/mol. The van der Waals surface area contributed by atoms with Gasteiger partial charge >= 0.3 is 9.15 Å². The lowest BCUT2D eigenvalue weighted by molar-refractivity contribution is 0.226. The predicted molar refractivity (Wildman–Crippen MR) is 86.5 cm³/mol. The Morgan fingerprint density at radius 3 is 2.55 bits per heavy atom. The van der Waals surface area contributed by atoms with Crippen molar-refractivity contribution in [2.45, 2.75) is 58.3 Å². The molecule has 1 saturated carbocycles. The van der Waals surface area contributed by atoms with Gasteiger partial charge in [0.25, 0.3) is 0 Å². The predicted octanol–water partition coefficient (Wildman–Crippen LogP) is 3.50. The van der Waals surface area contributed by atoms with Gasteiger partial charge in [-0.05, 0) is 42.0 Å². The maximum atomic E-state index is 10.5. The summed E-state index contributed by atoms with van der Waals surface area (Å²) in [6.07, 6.45) is 10.8. The van der Waals surface area contributed by atoms with Crippen LogP contribution in [0.15, 0.2) is 0 Å². The third-order valence-electron chi connectivity index (χ3n) is 4.28. The first-order valence-corrected chi connectivity index (χ1v) is 10.8. The molecule has 0 radical (unpaired) electrons. The summed E-state index contributed by atoms with van der Waals surface area (Å²) in [5.74, 6) is 2.20. The summed E-state index contributed by atoms with van der Waals surface area (Å²) in [5.41, 5.74) is 0. The van der Waals surface area contributed by atoms with Gasteiger partial charge in [0.2, 0.25) is 0 Å². The fourth-order valence-electron chi connectivity index (χ4n) is 3.21. The molecule has 0 aromatic rings. The van der Waals surface area contributed by atoms with Crippen molar-refractivity contribution in [3.63, 3.8) is 0 Å². The molecule has 1 atom stereocenters. The van der Waals surface area contributed by atoms with E-state index in [0.717, 1.165) is 24.8 Å². The van der Waals surface area contributed by atoms with Crippen molar-refractivity contribution in [2.75, 3.05) is 18.8 Å². The van der Waals surface area contributed by atoms with Crippen molar-refractivity contribution in [2.24, 2.45) is 11.8 Å². The van der Waals surface area contributed by atoms with E-state index in [2.05, 4.69) is 12.2 Å². The van der Waals surface area contributed by atoms with Gasteiger partial charge in [-0.3, -0.25) is 4.55 Å². The highest BCUT2D eigenvalue weighted by Gasteiger charge is 2.21. The van der Waals surface area contributed by atoms with Crippen LogP contribution in [0.1, 0.15) is 58.3 Å². The lowest BCUT2D eigenvalue weighted by Crippen LogP contribution is -2.22. The average molecular weight is 324 g/mol. The molecule has 0 bridgehead atoms. The van der Waals surface area contributed by atoms with Crippen LogP contribution in [-0.2, 0) is 9.15 Å². The molecule has 0 aromatic carbocycles. The molecule has 120 valence electrons. The van der Waals surface area contributed by atoms with E-state index in [1.807, 2.05) is 0 Å². The van der Waals surface area contributed by atoms with Crippen molar-refractivity contribution in [3.05, 3.63) is 0 Å². The van der Waals surface area contributed by atoms with Crippen molar-refractivity contribution in [1.29, 1.82) is 0 Å². The van der Waals surface area contributed by atoms with Gasteiger partial charge in [0, 0.05) is 12.3 Å². The molecule has 0 heterocycles. The third-order valence-corrected chi connectivity index (χ3v) is 6.34. The summed E-state index contributed by atoms with van der Waals surface area (Å²) in [7, 11) is -3.28. The summed E-state index contributed by atoms with van der Waals surface area (Å²) in [4.78, 5) is 0. The number of hydrogen-bond donors (Lipinski definition) is 2. The lowest BCUT2D eigenvalue weighted by Gasteiger charge is -2.29. The quantitative estimate of drug-likeness (QED) is 0.366. The molecule has 20 heavy (non-hydrogen) atoms. The van der Waals surface area contributed by atoms with Gasteiger partial charge in [-0.2, -0.15) is 8.42 Å². The Morgan fingerprint density at radius 2 is 1.95 bits per heavy atom. The molecule has 1 aliphatic rings. The molecule has 0 saturated heterocycles. The van der Waals surface area contributed by atoms with Gasteiger partial charge in [-0.25, -0.2) is 0 Å². The fourth-order valence-corrected chi connectivity index (χ4v) is 4.53. The second kappa shape index (κ2) is 10.0. The molecule has 0 aliphatic heterocycles. The molecule has 0 amide bonds. The second-order valence-corrected chi connectivity index (χ2v) is 9.18. The Morgan fingerprint density at radius 1 is 1.25 bits per heavy atom. The van der Waals surface area contributed by atoms with E-state index < -0.39 is 9.15 Å². The molecular formula is C14H29NO3S2. The van der Waals surface area contributed by atoms with Crippen LogP contribution in [0.2, 0.25) is 0 Å². The van der Waals surface area contributed by atoms with Crippen LogP contribution in [0.4, 0.5) is 0 Å². The highest BCUT2D eigenvalue weighted by Crippen LogP contribution is 2.33. The van der Waals surface area contributed by atoms with Crippen LogP contribution < -0.4 is 5.32 Å². The van der Waals surface area contributed by atoms with E-state index in [1.165, 1.54) is 44.9 Å². The van der Waals surface area contributed by atoms with Crippen LogP contribution in [0.25, 0.3) is 0 Å². The van der Waals surface area contributed by atoms with E-state index in [1.54, 1.807) is 0 Å². The lowest BCUT2D eigenvalue weighted by atomic mass is 9.77. The Bertz CT molecular complexity index is 340. The standard InChI is InChI=1S/C14H29NO3S2/c1-2-13(14-7-4-3-5-8-14)9-6-10-15-11-12-19-20(16,17)18/h13-15H,2-12H2,1H3,(H,16,17,18). The second-order valence-electron chi connectivity index (χ2n) is 5.71. The minimum Gasteiger partial charge on any atom is -0.316 e. The molecule has 2 N–H and O–H groups in total. The van der Waals surface area contributed by atoms with E-state index in [-0.39, 0.29) is 0 Å². The Balaban J connectivity index is 2.04. The van der Waals surface area contributed by atoms with Gasteiger partial charge in [-0.1, -0.05) is 45.4 Å². The van der Waals surface area contributed by atoms with Crippen LogP contribution in [-0.4, -0.2) is 31.8 Å². The number of hydrogen-bond acceptors (Lipinski definition) is 4. The highest BCUT2D eigenvalue weighted by atomic mass is 33.1. The van der Waals surface area contributed by atoms with Gasteiger partial charge in [0.05, 0.1) is 0 Å². The van der Waals surface area contributed by atoms with Gasteiger partial charge in [0.15, 0.2) is 0 Å². The van der Waals surface area contributed by atoms with Crippen LogP contribution in [0.5, 0.6) is 0 Å². The Kier molecular flexibility index (Phi) is 9.16. The fraction of sp³-hybridized carbons (Fsp3) is 1.00. The molecule has 1 rings (SSSR count). The van der Waals surface area contributed by atoms with Crippen LogP contribution in [0, 0.1) is 11.8 Å². The first kappa shape index (κ1) is 18.3. The van der Waals surface area contributed by atoms with E-state index in [4.69, 9.17) is 4.55 Å². The van der Waals surface area contributed by atoms with Crippen LogP contribution in [0.3, 0.4) is 0 Å². The summed E-state index contributed by atoms with van der Waals surface area (Å²) in [6, 6.07) is 0. The van der Waals surface area contributed by atoms with Crippen LogP contribution >= 0.6 is 10.8 Å². The monoisotopic (exact) mass is 323 g/mol. The summed E-state index contributed by atoms with van der Waals surface area (Å²) in [5, 5.41) is 3.24.